The molecule has 2 aromatic carbocycles. The van der Waals surface area contributed by atoms with E-state index in [2.05, 4.69) is 0 Å². The third-order valence-corrected chi connectivity index (χ3v) is 3.01. The van der Waals surface area contributed by atoms with Gasteiger partial charge < -0.3 is 9.47 Å². The Morgan fingerprint density at radius 1 is 1.20 bits per heavy atom. The van der Waals surface area contributed by atoms with Crippen LogP contribution < -0.4 is 9.47 Å². The minimum Gasteiger partial charge on any atom is -0.496 e. The normalized spacial score (nSPS) is 10.1. The van der Waals surface area contributed by atoms with Gasteiger partial charge in [0.15, 0.2) is 0 Å². The van der Waals surface area contributed by atoms with Crippen molar-refractivity contribution in [1.82, 2.24) is 0 Å². The van der Waals surface area contributed by atoms with E-state index in [1.807, 2.05) is 24.3 Å². The standard InChI is InChI=1S/C14H12ClNO4/c1-19-13-5-3-2-4-10(13)9-20-14-8-11(16(17)18)6-7-12(14)15/h2-8H,9H2,1H3. The van der Waals surface area contributed by atoms with Crippen molar-refractivity contribution in [2.24, 2.45) is 0 Å². The molecule has 0 fully saturated rings. The maximum absolute atomic E-state index is 10.7. The fourth-order valence-electron chi connectivity index (χ4n) is 1.69. The lowest BCUT2D eigenvalue weighted by Gasteiger charge is -2.10. The van der Waals surface area contributed by atoms with Crippen molar-refractivity contribution in [3.63, 3.8) is 0 Å². The number of nitro groups is 1. The first kappa shape index (κ1) is 14.1. The molecule has 2 aromatic rings. The topological polar surface area (TPSA) is 61.6 Å². The first-order valence-corrected chi connectivity index (χ1v) is 6.18. The van der Waals surface area contributed by atoms with Crippen LogP contribution in [0.15, 0.2) is 42.5 Å². The Labute approximate surface area is 120 Å². The fraction of sp³-hybridized carbons (Fsp3) is 0.143. The predicted molar refractivity (Wildman–Crippen MR) is 75.4 cm³/mol. The number of non-ortho nitro benzene ring substituents is 1. The van der Waals surface area contributed by atoms with Crippen LogP contribution in [0, 0.1) is 10.1 Å². The summed E-state index contributed by atoms with van der Waals surface area (Å²) in [6.45, 7) is 0.213. The fourth-order valence-corrected chi connectivity index (χ4v) is 1.87. The van der Waals surface area contributed by atoms with Crippen LogP contribution >= 0.6 is 11.6 Å². The van der Waals surface area contributed by atoms with Gasteiger partial charge in [0, 0.05) is 11.6 Å². The average molecular weight is 294 g/mol. The number of ether oxygens (including phenoxy) is 2. The van der Waals surface area contributed by atoms with Crippen molar-refractivity contribution in [3.8, 4) is 11.5 Å². The third-order valence-electron chi connectivity index (χ3n) is 2.70. The molecule has 0 aromatic heterocycles. The van der Waals surface area contributed by atoms with Gasteiger partial charge in [-0.15, -0.1) is 0 Å². The Balaban J connectivity index is 2.18. The molecule has 0 amide bonds. The quantitative estimate of drug-likeness (QED) is 0.621. The van der Waals surface area contributed by atoms with Crippen molar-refractivity contribution in [2.45, 2.75) is 6.61 Å². The molecule has 0 spiro atoms. The SMILES string of the molecule is COc1ccccc1COc1cc([N+](=O)[O-])ccc1Cl. The Morgan fingerprint density at radius 3 is 2.65 bits per heavy atom. The highest BCUT2D eigenvalue weighted by molar-refractivity contribution is 6.32. The third kappa shape index (κ3) is 3.19. The number of nitrogens with zero attached hydrogens (tertiary/aromatic N) is 1. The minimum atomic E-state index is -0.494. The zero-order valence-electron chi connectivity index (χ0n) is 10.7. The number of hydrogen-bond donors (Lipinski definition) is 0. The highest BCUT2D eigenvalue weighted by Crippen LogP contribution is 2.30. The van der Waals surface area contributed by atoms with Gasteiger partial charge in [0.25, 0.3) is 5.69 Å². The summed E-state index contributed by atoms with van der Waals surface area (Å²) >= 11 is 5.96. The molecule has 0 heterocycles. The summed E-state index contributed by atoms with van der Waals surface area (Å²) in [6.07, 6.45) is 0. The molecule has 0 N–H and O–H groups in total. The first-order valence-electron chi connectivity index (χ1n) is 5.80. The van der Waals surface area contributed by atoms with Gasteiger partial charge in [-0.05, 0) is 12.1 Å². The van der Waals surface area contributed by atoms with Gasteiger partial charge in [-0.25, -0.2) is 0 Å². The molecule has 0 atom stereocenters. The van der Waals surface area contributed by atoms with Crippen LogP contribution in [0.25, 0.3) is 0 Å². The molecule has 0 aliphatic heterocycles. The van der Waals surface area contributed by atoms with E-state index >= 15 is 0 Å². The minimum absolute atomic E-state index is 0.0653. The lowest BCUT2D eigenvalue weighted by molar-refractivity contribution is -0.384. The number of methoxy groups -OCH3 is 1. The second-order valence-electron chi connectivity index (χ2n) is 3.97. The molecule has 2 rings (SSSR count). The summed E-state index contributed by atoms with van der Waals surface area (Å²) in [6, 6.07) is 11.4. The van der Waals surface area contributed by atoms with Crippen LogP contribution in [0.5, 0.6) is 11.5 Å². The number of halogens is 1. The van der Waals surface area contributed by atoms with E-state index in [1.165, 1.54) is 18.2 Å². The van der Waals surface area contributed by atoms with Gasteiger partial charge in [0.1, 0.15) is 18.1 Å². The maximum atomic E-state index is 10.7. The van der Waals surface area contributed by atoms with Gasteiger partial charge in [0.05, 0.1) is 23.1 Å². The van der Waals surface area contributed by atoms with Gasteiger partial charge in [-0.3, -0.25) is 10.1 Å². The van der Waals surface area contributed by atoms with E-state index in [0.717, 1.165) is 5.56 Å². The number of hydrogen-bond acceptors (Lipinski definition) is 4. The van der Waals surface area contributed by atoms with Crippen LogP contribution in [0.4, 0.5) is 5.69 Å². The van der Waals surface area contributed by atoms with E-state index in [-0.39, 0.29) is 18.0 Å². The van der Waals surface area contributed by atoms with Crippen molar-refractivity contribution in [2.75, 3.05) is 7.11 Å². The summed E-state index contributed by atoms with van der Waals surface area (Å²) in [5.41, 5.74) is 0.766. The van der Waals surface area contributed by atoms with Crippen molar-refractivity contribution in [3.05, 3.63) is 63.2 Å². The second kappa shape index (κ2) is 6.25. The maximum Gasteiger partial charge on any atom is 0.273 e. The lowest BCUT2D eigenvalue weighted by Crippen LogP contribution is -1.99. The molecule has 104 valence electrons. The molecular weight excluding hydrogens is 282 g/mol. The zero-order chi connectivity index (χ0) is 14.5. The number of benzene rings is 2. The highest BCUT2D eigenvalue weighted by atomic mass is 35.5. The Bertz CT molecular complexity index is 630. The summed E-state index contributed by atoms with van der Waals surface area (Å²) in [7, 11) is 1.57. The van der Waals surface area contributed by atoms with E-state index in [1.54, 1.807) is 7.11 Å². The molecule has 0 unspecified atom stereocenters. The van der Waals surface area contributed by atoms with Crippen LogP contribution in [0.2, 0.25) is 5.02 Å². The van der Waals surface area contributed by atoms with Crippen LogP contribution in [-0.4, -0.2) is 12.0 Å². The van der Waals surface area contributed by atoms with Crippen molar-refractivity contribution >= 4 is 17.3 Å². The summed E-state index contributed by atoms with van der Waals surface area (Å²) in [5, 5.41) is 11.1. The number of rotatable bonds is 5. The summed E-state index contributed by atoms with van der Waals surface area (Å²) < 4.78 is 10.7. The molecule has 0 bridgehead atoms. The van der Waals surface area contributed by atoms with E-state index < -0.39 is 4.92 Å². The highest BCUT2D eigenvalue weighted by Gasteiger charge is 2.11. The largest absolute Gasteiger partial charge is 0.496 e. The Kier molecular flexibility index (Phi) is 4.42. The van der Waals surface area contributed by atoms with Crippen LogP contribution in [0.3, 0.4) is 0 Å². The first-order chi connectivity index (χ1) is 9.61. The molecule has 0 saturated carbocycles. The molecule has 0 aliphatic rings. The summed E-state index contributed by atoms with van der Waals surface area (Å²) in [4.78, 5) is 10.2. The van der Waals surface area contributed by atoms with Gasteiger partial charge in [0.2, 0.25) is 0 Å². The Morgan fingerprint density at radius 2 is 1.95 bits per heavy atom. The smallest absolute Gasteiger partial charge is 0.273 e. The molecule has 0 saturated heterocycles. The zero-order valence-corrected chi connectivity index (χ0v) is 11.5. The monoisotopic (exact) mass is 293 g/mol. The van der Waals surface area contributed by atoms with E-state index in [0.29, 0.717) is 10.8 Å². The van der Waals surface area contributed by atoms with Gasteiger partial charge >= 0.3 is 0 Å². The second-order valence-corrected chi connectivity index (χ2v) is 4.38. The van der Waals surface area contributed by atoms with Crippen molar-refractivity contribution < 1.29 is 14.4 Å². The van der Waals surface area contributed by atoms with Gasteiger partial charge in [-0.1, -0.05) is 29.8 Å². The Hall–Kier alpha value is -2.27. The molecular formula is C14H12ClNO4. The number of para-hydroxylation sites is 1. The molecule has 0 radical (unpaired) electrons. The van der Waals surface area contributed by atoms with Crippen molar-refractivity contribution in [1.29, 1.82) is 0 Å². The van der Waals surface area contributed by atoms with E-state index in [4.69, 9.17) is 21.1 Å². The molecule has 5 nitrogen and oxygen atoms in total. The number of nitro benzene ring substituents is 1. The molecule has 6 heteroatoms. The van der Waals surface area contributed by atoms with Crippen LogP contribution in [0.1, 0.15) is 5.56 Å². The molecule has 20 heavy (non-hydrogen) atoms. The lowest BCUT2D eigenvalue weighted by atomic mass is 10.2. The van der Waals surface area contributed by atoms with Gasteiger partial charge in [-0.2, -0.15) is 0 Å². The average Bonchev–Trinajstić information content (AvgIpc) is 2.46. The predicted octanol–water partition coefficient (Wildman–Crippen LogP) is 3.84. The molecule has 0 aliphatic carbocycles. The van der Waals surface area contributed by atoms with E-state index in [9.17, 15) is 10.1 Å². The summed E-state index contributed by atoms with van der Waals surface area (Å²) in [5.74, 6) is 0.959. The van der Waals surface area contributed by atoms with Crippen LogP contribution in [-0.2, 0) is 6.61 Å².